The third-order valence-corrected chi connectivity index (χ3v) is 4.02. The van der Waals surface area contributed by atoms with Gasteiger partial charge in [0.1, 0.15) is 0 Å². The van der Waals surface area contributed by atoms with Crippen molar-refractivity contribution in [3.05, 3.63) is 41.6 Å². The van der Waals surface area contributed by atoms with E-state index < -0.39 is 0 Å². The molecule has 1 aromatic carbocycles. The van der Waals surface area contributed by atoms with Crippen LogP contribution in [0.25, 0.3) is 10.9 Å². The average Bonchev–Trinajstić information content (AvgIpc) is 2.46. The summed E-state index contributed by atoms with van der Waals surface area (Å²) in [5.74, 6) is 0.380. The first kappa shape index (κ1) is 12.6. The maximum absolute atomic E-state index is 9.77. The second-order valence-electron chi connectivity index (χ2n) is 5.44. The van der Waals surface area contributed by atoms with E-state index in [1.807, 2.05) is 18.2 Å². The molecule has 2 N–H and O–H groups in total. The number of hydrogen-bond donors (Lipinski definition) is 2. The van der Waals surface area contributed by atoms with Gasteiger partial charge in [0.25, 0.3) is 0 Å². The molecule has 3 heteroatoms. The Labute approximate surface area is 112 Å². The smallest absolute Gasteiger partial charge is 0.0705 e. The van der Waals surface area contributed by atoms with Crippen molar-refractivity contribution in [2.24, 2.45) is 0 Å². The highest BCUT2D eigenvalue weighted by Gasteiger charge is 2.22. The molecule has 2 aromatic rings. The van der Waals surface area contributed by atoms with Crippen LogP contribution in [0.5, 0.6) is 0 Å². The van der Waals surface area contributed by atoms with Crippen molar-refractivity contribution >= 4 is 10.9 Å². The minimum atomic E-state index is -0.173. The summed E-state index contributed by atoms with van der Waals surface area (Å²) < 4.78 is 0. The van der Waals surface area contributed by atoms with Crippen molar-refractivity contribution in [2.75, 3.05) is 0 Å². The average molecular weight is 257 g/mol. The van der Waals surface area contributed by atoms with Crippen LogP contribution in [0.3, 0.4) is 0 Å². The molecule has 2 atom stereocenters. The fourth-order valence-electron chi connectivity index (χ4n) is 2.95. The highest BCUT2D eigenvalue weighted by atomic mass is 16.3. The molecule has 0 spiro atoms. The molecule has 1 aliphatic rings. The predicted molar refractivity (Wildman–Crippen MR) is 74.9 cm³/mol. The van der Waals surface area contributed by atoms with Crippen molar-refractivity contribution in [3.8, 4) is 0 Å². The summed E-state index contributed by atoms with van der Waals surface area (Å²) in [6.45, 7) is 0.0620. The standard InChI is InChI=1S/C16H19NO2/c18-10-11-4-6-15-13(8-11)5-7-16(17-15)12-2-1-3-14(19)9-12/h4-8,12,14,18-19H,1-3,9-10H2/t12-,14+/m0/s1. The Morgan fingerprint density at radius 3 is 2.84 bits per heavy atom. The van der Waals surface area contributed by atoms with E-state index in [4.69, 9.17) is 10.1 Å². The monoisotopic (exact) mass is 257 g/mol. The normalized spacial score (nSPS) is 23.7. The summed E-state index contributed by atoms with van der Waals surface area (Å²) in [6, 6.07) is 9.98. The van der Waals surface area contributed by atoms with Crippen LogP contribution < -0.4 is 0 Å². The van der Waals surface area contributed by atoms with Gasteiger partial charge in [0, 0.05) is 17.0 Å². The Hall–Kier alpha value is -1.45. The lowest BCUT2D eigenvalue weighted by Crippen LogP contribution is -2.18. The van der Waals surface area contributed by atoms with E-state index in [0.29, 0.717) is 5.92 Å². The van der Waals surface area contributed by atoms with E-state index in [9.17, 15) is 5.11 Å². The summed E-state index contributed by atoms with van der Waals surface area (Å²) in [6.07, 6.45) is 3.77. The van der Waals surface area contributed by atoms with Crippen molar-refractivity contribution in [3.63, 3.8) is 0 Å². The summed E-state index contributed by atoms with van der Waals surface area (Å²) in [7, 11) is 0. The van der Waals surface area contributed by atoms with Gasteiger partial charge in [-0.25, -0.2) is 0 Å². The number of aliphatic hydroxyl groups is 2. The molecule has 1 saturated carbocycles. The van der Waals surface area contributed by atoms with Gasteiger partial charge >= 0.3 is 0 Å². The molecule has 3 rings (SSSR count). The largest absolute Gasteiger partial charge is 0.393 e. The Morgan fingerprint density at radius 1 is 1.16 bits per heavy atom. The van der Waals surface area contributed by atoms with Gasteiger partial charge in [-0.2, -0.15) is 0 Å². The molecular formula is C16H19NO2. The third kappa shape index (κ3) is 2.62. The zero-order valence-electron chi connectivity index (χ0n) is 10.9. The summed E-state index contributed by atoms with van der Waals surface area (Å²) in [5.41, 5.74) is 2.97. The zero-order chi connectivity index (χ0) is 13.2. The molecule has 1 aromatic heterocycles. The second-order valence-corrected chi connectivity index (χ2v) is 5.44. The van der Waals surface area contributed by atoms with E-state index in [1.165, 1.54) is 0 Å². The van der Waals surface area contributed by atoms with Gasteiger partial charge in [0.2, 0.25) is 0 Å². The fraction of sp³-hybridized carbons (Fsp3) is 0.438. The zero-order valence-corrected chi connectivity index (χ0v) is 10.9. The highest BCUT2D eigenvalue weighted by Crippen LogP contribution is 2.32. The molecule has 0 amide bonds. The number of rotatable bonds is 2. The SMILES string of the molecule is OCc1ccc2nc([C@H]3CCC[C@@H](O)C3)ccc2c1. The topological polar surface area (TPSA) is 53.4 Å². The maximum Gasteiger partial charge on any atom is 0.0705 e. The summed E-state index contributed by atoms with van der Waals surface area (Å²) >= 11 is 0. The Balaban J connectivity index is 1.93. The van der Waals surface area contributed by atoms with E-state index in [-0.39, 0.29) is 12.7 Å². The number of aromatic nitrogens is 1. The molecular weight excluding hydrogens is 238 g/mol. The molecule has 0 unspecified atom stereocenters. The van der Waals surface area contributed by atoms with Crippen LogP contribution in [0.1, 0.15) is 42.9 Å². The maximum atomic E-state index is 9.77. The molecule has 0 bridgehead atoms. The fourth-order valence-corrected chi connectivity index (χ4v) is 2.95. The first-order valence-electron chi connectivity index (χ1n) is 6.95. The number of benzene rings is 1. The van der Waals surface area contributed by atoms with Crippen molar-refractivity contribution in [2.45, 2.75) is 44.3 Å². The van der Waals surface area contributed by atoms with Crippen molar-refractivity contribution in [1.82, 2.24) is 4.98 Å². The van der Waals surface area contributed by atoms with Gasteiger partial charge < -0.3 is 10.2 Å². The van der Waals surface area contributed by atoms with Crippen LogP contribution in [0.4, 0.5) is 0 Å². The highest BCUT2D eigenvalue weighted by molar-refractivity contribution is 5.79. The minimum absolute atomic E-state index is 0.0620. The van der Waals surface area contributed by atoms with Gasteiger partial charge in [0.05, 0.1) is 18.2 Å². The van der Waals surface area contributed by atoms with Crippen LogP contribution >= 0.6 is 0 Å². The Morgan fingerprint density at radius 2 is 2.05 bits per heavy atom. The third-order valence-electron chi connectivity index (χ3n) is 4.02. The van der Waals surface area contributed by atoms with Gasteiger partial charge in [-0.3, -0.25) is 4.98 Å². The summed E-state index contributed by atoms with van der Waals surface area (Å²) in [5, 5.41) is 20.0. The first-order chi connectivity index (χ1) is 9.26. The van der Waals surface area contributed by atoms with E-state index in [2.05, 4.69) is 12.1 Å². The quantitative estimate of drug-likeness (QED) is 0.869. The number of hydrogen-bond acceptors (Lipinski definition) is 3. The van der Waals surface area contributed by atoms with Crippen molar-refractivity contribution < 1.29 is 10.2 Å². The molecule has 1 heterocycles. The van der Waals surface area contributed by atoms with Crippen LogP contribution in [0.15, 0.2) is 30.3 Å². The molecule has 0 radical (unpaired) electrons. The molecule has 100 valence electrons. The first-order valence-corrected chi connectivity index (χ1v) is 6.95. The lowest BCUT2D eigenvalue weighted by atomic mass is 9.85. The van der Waals surface area contributed by atoms with Gasteiger partial charge in [-0.1, -0.05) is 18.6 Å². The van der Waals surface area contributed by atoms with Crippen LogP contribution in [0.2, 0.25) is 0 Å². The lowest BCUT2D eigenvalue weighted by molar-refractivity contribution is 0.119. The lowest BCUT2D eigenvalue weighted by Gasteiger charge is -2.25. The molecule has 3 nitrogen and oxygen atoms in total. The Kier molecular flexibility index (Phi) is 3.49. The van der Waals surface area contributed by atoms with Gasteiger partial charge in [-0.05, 0) is 43.0 Å². The molecule has 0 aliphatic heterocycles. The van der Waals surface area contributed by atoms with Crippen LogP contribution in [0, 0.1) is 0 Å². The van der Waals surface area contributed by atoms with Crippen LogP contribution in [-0.4, -0.2) is 21.3 Å². The van der Waals surface area contributed by atoms with E-state index in [1.54, 1.807) is 0 Å². The second kappa shape index (κ2) is 5.27. The molecule has 0 saturated heterocycles. The molecule has 1 aliphatic carbocycles. The number of nitrogens with zero attached hydrogens (tertiary/aromatic N) is 1. The Bertz CT molecular complexity index is 582. The predicted octanol–water partition coefficient (Wildman–Crippen LogP) is 2.75. The van der Waals surface area contributed by atoms with Gasteiger partial charge in [-0.15, -0.1) is 0 Å². The van der Waals surface area contributed by atoms with E-state index in [0.717, 1.165) is 47.8 Å². The molecule has 1 fully saturated rings. The summed E-state index contributed by atoms with van der Waals surface area (Å²) in [4.78, 5) is 4.72. The van der Waals surface area contributed by atoms with Gasteiger partial charge in [0.15, 0.2) is 0 Å². The molecule has 19 heavy (non-hydrogen) atoms. The van der Waals surface area contributed by atoms with Crippen molar-refractivity contribution in [1.29, 1.82) is 0 Å². The number of fused-ring (bicyclic) bond motifs is 1. The van der Waals surface area contributed by atoms with E-state index >= 15 is 0 Å². The number of pyridine rings is 1. The van der Waals surface area contributed by atoms with Crippen LogP contribution in [-0.2, 0) is 6.61 Å². The minimum Gasteiger partial charge on any atom is -0.393 e. The number of aliphatic hydroxyl groups excluding tert-OH is 2.